The van der Waals surface area contributed by atoms with Gasteiger partial charge < -0.3 is 10.2 Å². The normalized spacial score (nSPS) is 17.4. The summed E-state index contributed by atoms with van der Waals surface area (Å²) in [6, 6.07) is 11.6. The van der Waals surface area contributed by atoms with Crippen LogP contribution >= 0.6 is 0 Å². The van der Waals surface area contributed by atoms with Gasteiger partial charge in [-0.3, -0.25) is 14.6 Å². The molecule has 2 aromatic rings. The zero-order valence-corrected chi connectivity index (χ0v) is 15.1. The number of rotatable bonds is 4. The van der Waals surface area contributed by atoms with Crippen molar-refractivity contribution >= 4 is 11.8 Å². The summed E-state index contributed by atoms with van der Waals surface area (Å²) >= 11 is 0. The summed E-state index contributed by atoms with van der Waals surface area (Å²) in [5, 5.41) is 2.77. The first kappa shape index (κ1) is 18.1. The third-order valence-corrected chi connectivity index (χ3v) is 4.85. The van der Waals surface area contributed by atoms with Crippen molar-refractivity contribution in [3.05, 3.63) is 65.5 Å². The summed E-state index contributed by atoms with van der Waals surface area (Å²) in [5.41, 5.74) is 2.83. The molecule has 1 unspecified atom stereocenters. The highest BCUT2D eigenvalue weighted by Crippen LogP contribution is 2.31. The number of carbonyl (C=O) groups is 2. The van der Waals surface area contributed by atoms with Crippen LogP contribution in [0.5, 0.6) is 0 Å². The van der Waals surface area contributed by atoms with Crippen molar-refractivity contribution in [1.29, 1.82) is 0 Å². The monoisotopic (exact) mass is 351 g/mol. The molecule has 1 aromatic heterocycles. The third-order valence-electron chi connectivity index (χ3n) is 4.85. The van der Waals surface area contributed by atoms with E-state index in [4.69, 9.17) is 0 Å². The van der Waals surface area contributed by atoms with Gasteiger partial charge in [-0.05, 0) is 48.2 Å². The SMILES string of the molecule is CC(=O)NCc1ccc(C(=O)N2CCCCCC2c2ccncc2)cc1. The number of carbonyl (C=O) groups excluding carboxylic acids is 2. The molecule has 2 amide bonds. The second kappa shape index (κ2) is 8.61. The lowest BCUT2D eigenvalue weighted by Crippen LogP contribution is -2.34. The summed E-state index contributed by atoms with van der Waals surface area (Å²) in [7, 11) is 0. The Bertz CT molecular complexity index is 744. The van der Waals surface area contributed by atoms with Crippen LogP contribution < -0.4 is 5.32 Å². The average molecular weight is 351 g/mol. The van der Waals surface area contributed by atoms with Crippen LogP contribution in [-0.4, -0.2) is 28.2 Å². The first-order valence-electron chi connectivity index (χ1n) is 9.19. The van der Waals surface area contributed by atoms with Crippen molar-refractivity contribution in [2.75, 3.05) is 6.54 Å². The number of nitrogens with zero attached hydrogens (tertiary/aromatic N) is 2. The van der Waals surface area contributed by atoms with Crippen molar-refractivity contribution < 1.29 is 9.59 Å². The molecule has 136 valence electrons. The number of amides is 2. The minimum absolute atomic E-state index is 0.0603. The topological polar surface area (TPSA) is 62.3 Å². The van der Waals surface area contributed by atoms with Crippen LogP contribution in [0.2, 0.25) is 0 Å². The Labute approximate surface area is 154 Å². The summed E-state index contributed by atoms with van der Waals surface area (Å²) in [5.74, 6) is 0.00898. The van der Waals surface area contributed by atoms with Crippen LogP contribution in [0.1, 0.15) is 60.1 Å². The van der Waals surface area contributed by atoms with Crippen molar-refractivity contribution in [1.82, 2.24) is 15.2 Å². The molecule has 3 rings (SSSR count). The fourth-order valence-corrected chi connectivity index (χ4v) is 3.44. The molecule has 5 nitrogen and oxygen atoms in total. The Morgan fingerprint density at radius 2 is 1.81 bits per heavy atom. The Hall–Kier alpha value is -2.69. The highest BCUT2D eigenvalue weighted by Gasteiger charge is 2.27. The van der Waals surface area contributed by atoms with Crippen molar-refractivity contribution in [2.45, 2.75) is 45.2 Å². The van der Waals surface area contributed by atoms with Crippen LogP contribution in [-0.2, 0) is 11.3 Å². The summed E-state index contributed by atoms with van der Waals surface area (Å²) in [4.78, 5) is 30.3. The Morgan fingerprint density at radius 1 is 1.08 bits per heavy atom. The number of aromatic nitrogens is 1. The molecule has 1 saturated heterocycles. The van der Waals surface area contributed by atoms with Crippen molar-refractivity contribution in [3.63, 3.8) is 0 Å². The van der Waals surface area contributed by atoms with Gasteiger partial charge in [-0.15, -0.1) is 0 Å². The first-order chi connectivity index (χ1) is 12.6. The molecule has 26 heavy (non-hydrogen) atoms. The van der Waals surface area contributed by atoms with Gasteiger partial charge in [0.1, 0.15) is 0 Å². The number of hydrogen-bond donors (Lipinski definition) is 1. The molecule has 1 aliphatic rings. The van der Waals surface area contributed by atoms with E-state index in [1.54, 1.807) is 12.4 Å². The average Bonchev–Trinajstić information content (AvgIpc) is 2.93. The smallest absolute Gasteiger partial charge is 0.254 e. The first-order valence-corrected chi connectivity index (χ1v) is 9.19. The van der Waals surface area contributed by atoms with Gasteiger partial charge in [-0.1, -0.05) is 25.0 Å². The molecule has 0 radical (unpaired) electrons. The van der Waals surface area contributed by atoms with Crippen LogP contribution in [0.3, 0.4) is 0 Å². The Morgan fingerprint density at radius 3 is 2.50 bits per heavy atom. The summed E-state index contributed by atoms with van der Waals surface area (Å²) < 4.78 is 0. The van der Waals surface area contributed by atoms with Gasteiger partial charge in [0, 0.05) is 38.0 Å². The standard InChI is InChI=1S/C21H25N3O2/c1-16(25)23-15-17-6-8-19(9-7-17)21(26)24-14-4-2-3-5-20(24)18-10-12-22-13-11-18/h6-13,20H,2-5,14-15H2,1H3,(H,23,25). The fraction of sp³-hybridized carbons (Fsp3) is 0.381. The molecule has 1 atom stereocenters. The molecule has 0 spiro atoms. The van der Waals surface area contributed by atoms with Gasteiger partial charge >= 0.3 is 0 Å². The van der Waals surface area contributed by atoms with Crippen LogP contribution in [0.15, 0.2) is 48.8 Å². The molecular formula is C21H25N3O2. The molecule has 1 fully saturated rings. The number of likely N-dealkylation sites (tertiary alicyclic amines) is 1. The van der Waals surface area contributed by atoms with E-state index >= 15 is 0 Å². The van der Waals surface area contributed by atoms with Gasteiger partial charge in [0.05, 0.1) is 6.04 Å². The van der Waals surface area contributed by atoms with E-state index in [0.29, 0.717) is 12.1 Å². The third kappa shape index (κ3) is 4.48. The van der Waals surface area contributed by atoms with E-state index in [-0.39, 0.29) is 17.9 Å². The van der Waals surface area contributed by atoms with Crippen LogP contribution in [0, 0.1) is 0 Å². The lowest BCUT2D eigenvalue weighted by atomic mass is 10.0. The quantitative estimate of drug-likeness (QED) is 0.917. The largest absolute Gasteiger partial charge is 0.352 e. The molecule has 0 aliphatic carbocycles. The highest BCUT2D eigenvalue weighted by molar-refractivity contribution is 5.94. The molecule has 2 heterocycles. The second-order valence-electron chi connectivity index (χ2n) is 6.75. The zero-order valence-electron chi connectivity index (χ0n) is 15.1. The predicted molar refractivity (Wildman–Crippen MR) is 100 cm³/mol. The number of nitrogens with one attached hydrogen (secondary N) is 1. The van der Waals surface area contributed by atoms with Gasteiger partial charge in [0.25, 0.3) is 5.91 Å². The van der Waals surface area contributed by atoms with E-state index < -0.39 is 0 Å². The van der Waals surface area contributed by atoms with Crippen molar-refractivity contribution in [3.8, 4) is 0 Å². The minimum Gasteiger partial charge on any atom is -0.352 e. The van der Waals surface area contributed by atoms with E-state index in [0.717, 1.165) is 43.4 Å². The lowest BCUT2D eigenvalue weighted by molar-refractivity contribution is -0.119. The zero-order chi connectivity index (χ0) is 18.4. The van der Waals surface area contributed by atoms with Gasteiger partial charge in [-0.2, -0.15) is 0 Å². The summed E-state index contributed by atoms with van der Waals surface area (Å²) in [6.45, 7) is 2.75. The van der Waals surface area contributed by atoms with Crippen LogP contribution in [0.4, 0.5) is 0 Å². The molecule has 1 N–H and O–H groups in total. The molecular weight excluding hydrogens is 326 g/mol. The Kier molecular flexibility index (Phi) is 6.00. The van der Waals surface area contributed by atoms with E-state index in [1.807, 2.05) is 41.3 Å². The number of pyridine rings is 1. The number of hydrogen-bond acceptors (Lipinski definition) is 3. The highest BCUT2D eigenvalue weighted by atomic mass is 16.2. The maximum atomic E-state index is 13.2. The van der Waals surface area contributed by atoms with E-state index in [2.05, 4.69) is 10.3 Å². The maximum Gasteiger partial charge on any atom is 0.254 e. The molecule has 0 bridgehead atoms. The second-order valence-corrected chi connectivity index (χ2v) is 6.75. The van der Waals surface area contributed by atoms with Gasteiger partial charge in [0.15, 0.2) is 0 Å². The lowest BCUT2D eigenvalue weighted by Gasteiger charge is -2.30. The van der Waals surface area contributed by atoms with Crippen LogP contribution in [0.25, 0.3) is 0 Å². The molecule has 1 aliphatic heterocycles. The van der Waals surface area contributed by atoms with Gasteiger partial charge in [0.2, 0.25) is 5.91 Å². The fourth-order valence-electron chi connectivity index (χ4n) is 3.44. The summed E-state index contributed by atoms with van der Waals surface area (Å²) in [6.07, 6.45) is 7.89. The molecule has 5 heteroatoms. The minimum atomic E-state index is -0.0603. The van der Waals surface area contributed by atoms with E-state index in [1.165, 1.54) is 6.92 Å². The van der Waals surface area contributed by atoms with Gasteiger partial charge in [-0.25, -0.2) is 0 Å². The molecule has 1 aromatic carbocycles. The number of benzene rings is 1. The predicted octanol–water partition coefficient (Wildman–Crippen LogP) is 3.48. The van der Waals surface area contributed by atoms with E-state index in [9.17, 15) is 9.59 Å². The maximum absolute atomic E-state index is 13.2. The van der Waals surface area contributed by atoms with Crippen molar-refractivity contribution in [2.24, 2.45) is 0 Å². The molecule has 0 saturated carbocycles. The Balaban J connectivity index is 1.78.